The number of nitrogens with two attached hydrogens (primary N) is 3. The van der Waals surface area contributed by atoms with Crippen LogP contribution in [0.1, 0.15) is 19.3 Å². The molecule has 11 N–H and O–H groups in total. The largest absolute Gasteiger partial charge is 0.481 e. The van der Waals surface area contributed by atoms with Gasteiger partial charge in [0.05, 0.1) is 19.0 Å². The first-order chi connectivity index (χ1) is 14.0. The smallest absolute Gasteiger partial charge is 0.326 e. The van der Waals surface area contributed by atoms with Crippen LogP contribution in [0.2, 0.25) is 0 Å². The molecule has 0 aliphatic heterocycles. The Kier molecular flexibility index (Phi) is 12.6. The molecular formula is C15H27N7O7S. The Balaban J connectivity index is 4.53. The number of nitrogens with zero attached hydrogens (tertiary/aromatic N) is 1. The second-order valence-electron chi connectivity index (χ2n) is 6.07. The van der Waals surface area contributed by atoms with Crippen molar-refractivity contribution in [3.05, 3.63) is 0 Å². The number of guanidine groups is 1. The highest BCUT2D eigenvalue weighted by atomic mass is 32.1. The van der Waals surface area contributed by atoms with Crippen molar-refractivity contribution in [2.45, 2.75) is 37.4 Å². The van der Waals surface area contributed by atoms with Crippen LogP contribution in [0, 0.1) is 0 Å². The molecule has 0 saturated heterocycles. The van der Waals surface area contributed by atoms with Crippen molar-refractivity contribution < 1.29 is 34.2 Å². The van der Waals surface area contributed by atoms with Crippen LogP contribution >= 0.6 is 12.6 Å². The van der Waals surface area contributed by atoms with Crippen molar-refractivity contribution in [2.75, 3.05) is 18.8 Å². The molecule has 0 bridgehead atoms. The molecule has 0 aromatic carbocycles. The Hall–Kier alpha value is -3.07. The molecule has 0 spiro atoms. The topological polar surface area (TPSA) is 252 Å². The van der Waals surface area contributed by atoms with Gasteiger partial charge in [-0.3, -0.25) is 24.2 Å². The van der Waals surface area contributed by atoms with E-state index in [1.54, 1.807) is 0 Å². The quantitative estimate of drug-likeness (QED) is 0.0536. The highest BCUT2D eigenvalue weighted by molar-refractivity contribution is 7.80. The minimum Gasteiger partial charge on any atom is -0.481 e. The lowest BCUT2D eigenvalue weighted by Gasteiger charge is -2.19. The third-order valence-corrected chi connectivity index (χ3v) is 3.92. The van der Waals surface area contributed by atoms with Crippen molar-refractivity contribution in [2.24, 2.45) is 22.2 Å². The lowest BCUT2D eigenvalue weighted by Crippen LogP contribution is -2.54. The molecule has 14 nitrogen and oxygen atoms in total. The van der Waals surface area contributed by atoms with Crippen LogP contribution in [0.4, 0.5) is 0 Å². The molecule has 170 valence electrons. The highest BCUT2D eigenvalue weighted by Crippen LogP contribution is 1.98. The van der Waals surface area contributed by atoms with Gasteiger partial charge in [0.15, 0.2) is 5.96 Å². The number of aliphatic imine (C=N–C) groups is 1. The fraction of sp³-hybridized carbons (Fsp3) is 0.600. The van der Waals surface area contributed by atoms with Gasteiger partial charge in [-0.25, -0.2) is 4.79 Å². The first kappa shape index (κ1) is 26.9. The van der Waals surface area contributed by atoms with Gasteiger partial charge in [-0.15, -0.1) is 0 Å². The van der Waals surface area contributed by atoms with Gasteiger partial charge in [0.2, 0.25) is 17.7 Å². The molecule has 3 amide bonds. The number of nitrogens with one attached hydrogen (secondary N) is 3. The second-order valence-corrected chi connectivity index (χ2v) is 6.44. The number of carbonyl (C=O) groups is 5. The van der Waals surface area contributed by atoms with Gasteiger partial charge in [0.1, 0.15) is 12.1 Å². The molecule has 0 aliphatic rings. The number of hydrogen-bond donors (Lipinski definition) is 9. The predicted octanol–water partition coefficient (Wildman–Crippen LogP) is -4.06. The SMILES string of the molecule is NC(N)=NCCCC(N)C(=O)NC(CS)C(=O)NCC(=O)NC(CC(=O)O)C(=O)O. The Labute approximate surface area is 177 Å². The lowest BCUT2D eigenvalue weighted by atomic mass is 10.1. The van der Waals surface area contributed by atoms with Gasteiger partial charge in [-0.2, -0.15) is 12.6 Å². The van der Waals surface area contributed by atoms with E-state index in [1.807, 2.05) is 5.32 Å². The van der Waals surface area contributed by atoms with Crippen LogP contribution in [0.5, 0.6) is 0 Å². The van der Waals surface area contributed by atoms with Crippen LogP contribution in [0.3, 0.4) is 0 Å². The minimum atomic E-state index is -1.65. The number of rotatable bonds is 14. The number of hydrogen-bond acceptors (Lipinski definition) is 8. The van der Waals surface area contributed by atoms with E-state index in [2.05, 4.69) is 28.3 Å². The number of carboxylic acids is 2. The number of amides is 3. The summed E-state index contributed by atoms with van der Waals surface area (Å²) in [5, 5.41) is 24.1. The molecule has 0 heterocycles. The van der Waals surface area contributed by atoms with Gasteiger partial charge < -0.3 is 43.4 Å². The van der Waals surface area contributed by atoms with Crippen molar-refractivity contribution in [3.63, 3.8) is 0 Å². The normalized spacial score (nSPS) is 13.3. The average Bonchev–Trinajstić information content (AvgIpc) is 2.65. The fourth-order valence-electron chi connectivity index (χ4n) is 2.03. The third-order valence-electron chi connectivity index (χ3n) is 3.56. The van der Waals surface area contributed by atoms with E-state index in [-0.39, 0.29) is 24.7 Å². The Morgan fingerprint density at radius 1 is 1.00 bits per heavy atom. The van der Waals surface area contributed by atoms with Gasteiger partial charge in [-0.05, 0) is 12.8 Å². The zero-order chi connectivity index (χ0) is 23.3. The minimum absolute atomic E-state index is 0.0819. The summed E-state index contributed by atoms with van der Waals surface area (Å²) in [7, 11) is 0. The summed E-state index contributed by atoms with van der Waals surface area (Å²) < 4.78 is 0. The van der Waals surface area contributed by atoms with Crippen molar-refractivity contribution in [1.82, 2.24) is 16.0 Å². The Morgan fingerprint density at radius 2 is 1.63 bits per heavy atom. The van der Waals surface area contributed by atoms with Crippen LogP contribution < -0.4 is 33.2 Å². The summed E-state index contributed by atoms with van der Waals surface area (Å²) in [6.07, 6.45) is -0.136. The molecule has 0 fully saturated rings. The Morgan fingerprint density at radius 3 is 2.13 bits per heavy atom. The maximum absolute atomic E-state index is 12.1. The third kappa shape index (κ3) is 11.7. The summed E-state index contributed by atoms with van der Waals surface area (Å²) in [4.78, 5) is 61.2. The molecule has 0 rings (SSSR count). The lowest BCUT2D eigenvalue weighted by molar-refractivity contribution is -0.147. The molecule has 0 aromatic heterocycles. The summed E-state index contributed by atoms with van der Waals surface area (Å²) >= 11 is 3.97. The number of thiol groups is 1. The molecule has 15 heteroatoms. The fourth-order valence-corrected chi connectivity index (χ4v) is 2.29. The van der Waals surface area contributed by atoms with Gasteiger partial charge >= 0.3 is 11.9 Å². The Bertz CT molecular complexity index is 670. The molecule has 0 aliphatic carbocycles. The van der Waals surface area contributed by atoms with Gasteiger partial charge in [0, 0.05) is 12.3 Å². The van der Waals surface area contributed by atoms with Gasteiger partial charge in [-0.1, -0.05) is 0 Å². The van der Waals surface area contributed by atoms with E-state index < -0.39 is 60.8 Å². The van der Waals surface area contributed by atoms with Crippen molar-refractivity contribution in [1.29, 1.82) is 0 Å². The van der Waals surface area contributed by atoms with E-state index in [0.717, 1.165) is 0 Å². The van der Waals surface area contributed by atoms with Crippen LogP contribution in [-0.2, 0) is 24.0 Å². The molecule has 3 unspecified atom stereocenters. The number of aliphatic carboxylic acids is 2. The average molecular weight is 449 g/mol. The molecule has 0 saturated carbocycles. The molecule has 3 atom stereocenters. The van der Waals surface area contributed by atoms with Crippen LogP contribution in [0.25, 0.3) is 0 Å². The number of carbonyl (C=O) groups excluding carboxylic acids is 3. The zero-order valence-electron chi connectivity index (χ0n) is 16.0. The molecule has 0 aromatic rings. The zero-order valence-corrected chi connectivity index (χ0v) is 16.9. The predicted molar refractivity (Wildman–Crippen MR) is 108 cm³/mol. The molecular weight excluding hydrogens is 422 g/mol. The first-order valence-electron chi connectivity index (χ1n) is 8.71. The van der Waals surface area contributed by atoms with Crippen molar-refractivity contribution in [3.8, 4) is 0 Å². The van der Waals surface area contributed by atoms with E-state index in [0.29, 0.717) is 6.42 Å². The van der Waals surface area contributed by atoms with E-state index >= 15 is 0 Å². The maximum atomic E-state index is 12.1. The molecule has 0 radical (unpaired) electrons. The first-order valence-corrected chi connectivity index (χ1v) is 9.35. The number of carboxylic acid groups (broad SMARTS) is 2. The molecule has 30 heavy (non-hydrogen) atoms. The van der Waals surface area contributed by atoms with Crippen molar-refractivity contribution >= 4 is 48.2 Å². The van der Waals surface area contributed by atoms with E-state index in [1.165, 1.54) is 0 Å². The summed E-state index contributed by atoms with van der Waals surface area (Å²) in [6.45, 7) is -0.346. The second kappa shape index (κ2) is 14.0. The summed E-state index contributed by atoms with van der Waals surface area (Å²) in [6, 6.07) is -3.68. The van der Waals surface area contributed by atoms with Gasteiger partial charge in [0.25, 0.3) is 0 Å². The summed E-state index contributed by atoms with van der Waals surface area (Å²) in [5.41, 5.74) is 16.1. The van der Waals surface area contributed by atoms with E-state index in [4.69, 9.17) is 27.4 Å². The van der Waals surface area contributed by atoms with Crippen LogP contribution in [0.15, 0.2) is 4.99 Å². The van der Waals surface area contributed by atoms with E-state index in [9.17, 15) is 24.0 Å². The maximum Gasteiger partial charge on any atom is 0.326 e. The highest BCUT2D eigenvalue weighted by Gasteiger charge is 2.25. The van der Waals surface area contributed by atoms with Crippen LogP contribution in [-0.4, -0.2) is 82.8 Å². The standard InChI is InChI=1S/C15H27N7O7S/c16-7(2-1-3-19-15(17)18)12(26)22-9(6-30)13(27)20-5-10(23)21-8(14(28)29)4-11(24)25/h7-9,30H,1-6,16H2,(H,20,27)(H,21,23)(H,22,26)(H,24,25)(H,28,29)(H4,17,18,19). The summed E-state index contributed by atoms with van der Waals surface area (Å²) in [5.74, 6) is -5.43. The monoisotopic (exact) mass is 449 g/mol.